The van der Waals surface area contributed by atoms with Crippen molar-refractivity contribution in [3.63, 3.8) is 0 Å². The second-order valence-corrected chi connectivity index (χ2v) is 25.2. The first-order valence-electron chi connectivity index (χ1n) is 28.2. The maximum Gasteiger partial charge on any atom is 0.114 e. The molecular weight excluding hydrogens is 985 g/mol. The molecule has 7 heterocycles. The Morgan fingerprint density at radius 1 is 0.329 bits per heavy atom. The highest BCUT2D eigenvalue weighted by Gasteiger charge is 2.21. The average molecular weight is 1060 g/mol. The molecule has 0 atom stereocenters. The van der Waals surface area contributed by atoms with Crippen molar-refractivity contribution in [1.29, 1.82) is 0 Å². The Morgan fingerprint density at radius 2 is 0.699 bits per heavy atom. The second-order valence-electron chi connectivity index (χ2n) is 20.2. The van der Waals surface area contributed by atoms with Gasteiger partial charge in [0.1, 0.15) is 11.0 Å². The maximum absolute atomic E-state index is 4.99. The minimum Gasteiger partial charge on any atom is -0.339 e. The van der Waals surface area contributed by atoms with Gasteiger partial charge in [-0.2, -0.15) is 8.75 Å². The van der Waals surface area contributed by atoms with E-state index in [1.807, 2.05) is 45.3 Å². The molecular formula is C64H78N4S5. The summed E-state index contributed by atoms with van der Waals surface area (Å²) in [6, 6.07) is 43.6. The van der Waals surface area contributed by atoms with Gasteiger partial charge in [0.25, 0.3) is 0 Å². The number of aromatic nitrogens is 4. The highest BCUT2D eigenvalue weighted by atomic mass is 32.1. The molecule has 0 N–H and O–H groups in total. The van der Waals surface area contributed by atoms with E-state index in [4.69, 9.17) is 8.75 Å². The highest BCUT2D eigenvalue weighted by Crippen LogP contribution is 2.45. The van der Waals surface area contributed by atoms with Gasteiger partial charge in [-0.1, -0.05) is 185 Å². The Hall–Kier alpha value is -4.38. The fourth-order valence-corrected chi connectivity index (χ4v) is 15.4. The number of hydrogen-bond donors (Lipinski definition) is 0. The zero-order chi connectivity index (χ0) is 50.0. The summed E-state index contributed by atoms with van der Waals surface area (Å²) in [4.78, 5) is 10.7. The van der Waals surface area contributed by atoms with Crippen LogP contribution in [-0.4, -0.2) is 17.9 Å². The standard InChI is InChI=1S/C64H78N4S5/c1-4-7-10-12-14-16-18-20-22-27-46-67-52(59-39-32-49(69-59)31-9-6-3)35-36-54(67)61-44-41-57(71-61)50-33-34-51(64-63(50)65-73-66-64)58-42-45-62(72-58)55-38-37-53(60-43-40-56(70-60)48-29-25-24-26-30-48)68(55)47-28-23-21-19-17-15-13-11-8-5-2/h24-26,29-30,32-45H,4-23,27-28,31,46-47H2,1-3H3. The van der Waals surface area contributed by atoms with Crippen molar-refractivity contribution >= 4 is 68.1 Å². The first-order valence-corrected chi connectivity index (χ1v) is 32.2. The van der Waals surface area contributed by atoms with E-state index in [9.17, 15) is 0 Å². The van der Waals surface area contributed by atoms with Gasteiger partial charge >= 0.3 is 0 Å². The van der Waals surface area contributed by atoms with Crippen molar-refractivity contribution in [2.24, 2.45) is 0 Å². The van der Waals surface area contributed by atoms with Gasteiger partial charge < -0.3 is 9.13 Å². The zero-order valence-electron chi connectivity index (χ0n) is 44.0. The van der Waals surface area contributed by atoms with E-state index < -0.39 is 0 Å². The number of thiophene rings is 4. The van der Waals surface area contributed by atoms with E-state index in [1.54, 1.807) is 0 Å². The third-order valence-electron chi connectivity index (χ3n) is 14.7. The molecule has 0 saturated heterocycles. The first-order chi connectivity index (χ1) is 36.1. The van der Waals surface area contributed by atoms with E-state index in [0.29, 0.717) is 0 Å². The van der Waals surface area contributed by atoms with E-state index in [0.717, 1.165) is 24.1 Å². The van der Waals surface area contributed by atoms with Crippen molar-refractivity contribution in [1.82, 2.24) is 17.9 Å². The van der Waals surface area contributed by atoms with Gasteiger partial charge in [0.05, 0.1) is 54.0 Å². The summed E-state index contributed by atoms with van der Waals surface area (Å²) in [6.07, 6.45) is 30.6. The van der Waals surface area contributed by atoms with Crippen LogP contribution in [0.3, 0.4) is 0 Å². The molecule has 2 aromatic carbocycles. The van der Waals surface area contributed by atoms with Gasteiger partial charge in [0, 0.05) is 43.7 Å². The summed E-state index contributed by atoms with van der Waals surface area (Å²) >= 11 is 9.01. The molecule has 9 heteroatoms. The molecule has 73 heavy (non-hydrogen) atoms. The third-order valence-corrected chi connectivity index (χ3v) is 19.8. The Kier molecular flexibility index (Phi) is 20.5. The predicted octanol–water partition coefficient (Wildman–Crippen LogP) is 22.4. The van der Waals surface area contributed by atoms with E-state index in [2.05, 4.69) is 145 Å². The van der Waals surface area contributed by atoms with Gasteiger partial charge in [-0.15, -0.1) is 45.3 Å². The van der Waals surface area contributed by atoms with E-state index >= 15 is 0 Å². The van der Waals surface area contributed by atoms with Crippen molar-refractivity contribution < 1.29 is 0 Å². The number of fused-ring (bicyclic) bond motifs is 1. The molecule has 9 aromatic rings. The van der Waals surface area contributed by atoms with Crippen LogP contribution in [0.15, 0.2) is 115 Å². The van der Waals surface area contributed by atoms with Crippen molar-refractivity contribution in [3.05, 3.63) is 120 Å². The molecule has 7 aromatic heterocycles. The molecule has 9 rings (SSSR count). The normalized spacial score (nSPS) is 11.8. The molecule has 0 unspecified atom stereocenters. The predicted molar refractivity (Wildman–Crippen MR) is 325 cm³/mol. The van der Waals surface area contributed by atoms with Crippen LogP contribution >= 0.6 is 57.1 Å². The Bertz CT molecular complexity index is 3020. The van der Waals surface area contributed by atoms with Gasteiger partial charge in [-0.25, -0.2) is 0 Å². The summed E-state index contributed by atoms with van der Waals surface area (Å²) < 4.78 is 15.2. The first kappa shape index (κ1) is 53.4. The topological polar surface area (TPSA) is 35.6 Å². The van der Waals surface area contributed by atoms with Crippen LogP contribution in [-0.2, 0) is 19.5 Å². The SMILES string of the molecule is CCCCCCCCCCCCn1c(-c2ccc(CCCC)s2)ccc1-c1ccc(-c2ccc(-c3ccc(-c4ccc(-c5ccc(-c6ccccc6)s5)n4CCCCCCCCCCCC)s3)c3nsnc23)s1. The molecule has 0 aliphatic carbocycles. The van der Waals surface area contributed by atoms with Crippen LogP contribution in [0, 0.1) is 0 Å². The summed E-state index contributed by atoms with van der Waals surface area (Å²) in [5.41, 5.74) is 11.0. The van der Waals surface area contributed by atoms with Crippen LogP contribution in [0.4, 0.5) is 0 Å². The van der Waals surface area contributed by atoms with Crippen molar-refractivity contribution in [2.75, 3.05) is 0 Å². The summed E-state index contributed by atoms with van der Waals surface area (Å²) in [5, 5.41) is 0. The zero-order valence-corrected chi connectivity index (χ0v) is 48.1. The number of unbranched alkanes of at least 4 members (excludes halogenated alkanes) is 19. The Balaban J connectivity index is 0.928. The lowest BCUT2D eigenvalue weighted by atomic mass is 10.1. The number of benzene rings is 2. The molecule has 0 spiro atoms. The molecule has 0 bridgehead atoms. The fourth-order valence-electron chi connectivity index (χ4n) is 10.5. The maximum atomic E-state index is 4.99. The lowest BCUT2D eigenvalue weighted by Crippen LogP contribution is -2.01. The summed E-state index contributed by atoms with van der Waals surface area (Å²) in [7, 11) is 0. The van der Waals surface area contributed by atoms with Crippen LogP contribution in [0.1, 0.15) is 167 Å². The molecule has 0 aliphatic heterocycles. The quantitative estimate of drug-likeness (QED) is 0.0394. The highest BCUT2D eigenvalue weighted by molar-refractivity contribution is 7.20. The summed E-state index contributed by atoms with van der Waals surface area (Å²) in [5.74, 6) is 0. The lowest BCUT2D eigenvalue weighted by molar-refractivity contribution is 0.538. The average Bonchev–Trinajstić information content (AvgIpc) is 4.28. The van der Waals surface area contributed by atoms with Crippen LogP contribution in [0.2, 0.25) is 0 Å². The third kappa shape index (κ3) is 13.9. The fraction of sp³-hybridized carbons (Fsp3) is 0.438. The van der Waals surface area contributed by atoms with Gasteiger partial charge in [-0.05, 0) is 104 Å². The van der Waals surface area contributed by atoms with Gasteiger partial charge in [0.15, 0.2) is 0 Å². The molecule has 384 valence electrons. The Labute approximate surface area is 457 Å². The monoisotopic (exact) mass is 1060 g/mol. The Morgan fingerprint density at radius 3 is 1.15 bits per heavy atom. The number of aryl methyl sites for hydroxylation is 1. The largest absolute Gasteiger partial charge is 0.339 e. The smallest absolute Gasteiger partial charge is 0.114 e. The molecule has 0 aliphatic rings. The van der Waals surface area contributed by atoms with Crippen molar-refractivity contribution in [2.45, 2.75) is 182 Å². The van der Waals surface area contributed by atoms with Crippen LogP contribution < -0.4 is 0 Å². The van der Waals surface area contributed by atoms with E-state index in [1.165, 1.54) is 238 Å². The van der Waals surface area contributed by atoms with Crippen LogP contribution in [0.5, 0.6) is 0 Å². The molecule has 0 fully saturated rings. The number of hydrogen-bond acceptors (Lipinski definition) is 7. The van der Waals surface area contributed by atoms with Gasteiger partial charge in [0.2, 0.25) is 0 Å². The molecule has 0 radical (unpaired) electrons. The number of nitrogens with zero attached hydrogens (tertiary/aromatic N) is 4. The number of rotatable bonds is 32. The van der Waals surface area contributed by atoms with Crippen molar-refractivity contribution in [3.8, 4) is 73.6 Å². The van der Waals surface area contributed by atoms with Gasteiger partial charge in [-0.3, -0.25) is 0 Å². The lowest BCUT2D eigenvalue weighted by Gasteiger charge is -2.13. The van der Waals surface area contributed by atoms with E-state index in [-0.39, 0.29) is 0 Å². The minimum absolute atomic E-state index is 1.00. The molecule has 0 saturated carbocycles. The second kappa shape index (κ2) is 28.0. The van der Waals surface area contributed by atoms with Crippen LogP contribution in [0.25, 0.3) is 84.6 Å². The molecule has 4 nitrogen and oxygen atoms in total. The minimum atomic E-state index is 1.00. The molecule has 0 amide bonds. The summed E-state index contributed by atoms with van der Waals surface area (Å²) in [6.45, 7) is 8.98.